The van der Waals surface area contributed by atoms with Crippen molar-refractivity contribution in [3.05, 3.63) is 23.8 Å². The van der Waals surface area contributed by atoms with E-state index in [0.29, 0.717) is 0 Å². The lowest BCUT2D eigenvalue weighted by atomic mass is 10.0. The molecule has 2 rings (SSSR count). The Bertz CT molecular complexity index is 438. The van der Waals surface area contributed by atoms with Crippen LogP contribution in [0.25, 0.3) is 0 Å². The first-order valence-electron chi connectivity index (χ1n) is 5.44. The number of ether oxygens (including phenoxy) is 1. The number of carbonyl (C=O) groups is 1. The fraction of sp³-hybridized carbons (Fsp3) is 0.462. The Morgan fingerprint density at radius 2 is 2.12 bits per heavy atom. The molecule has 16 heavy (non-hydrogen) atoms. The molecule has 0 aliphatic carbocycles. The molecule has 86 valence electrons. The minimum Gasteiger partial charge on any atom is -0.484 e. The number of likely N-dealkylation sites (N-methyl/N-ethyl adjacent to an activating group) is 1. The molecule has 0 saturated carbocycles. The Morgan fingerprint density at radius 3 is 2.75 bits per heavy atom. The summed E-state index contributed by atoms with van der Waals surface area (Å²) < 4.78 is 5.87. The third-order valence-electron chi connectivity index (χ3n) is 2.78. The van der Waals surface area contributed by atoms with E-state index in [1.54, 1.807) is 6.92 Å². The topological polar surface area (TPSA) is 29.5 Å². The molecule has 1 heterocycles. The van der Waals surface area contributed by atoms with Crippen molar-refractivity contribution in [2.24, 2.45) is 0 Å². The smallest absolute Gasteiger partial charge is 0.159 e. The standard InChI is InChI=1S/C13H17NO2/c1-9(15)10-5-6-12-11(7-10)14(4)8-13(2,3)16-12/h5-7H,8H2,1-4H3. The van der Waals surface area contributed by atoms with Crippen LogP contribution in [0.5, 0.6) is 5.75 Å². The van der Waals surface area contributed by atoms with Gasteiger partial charge in [-0.3, -0.25) is 4.79 Å². The summed E-state index contributed by atoms with van der Waals surface area (Å²) in [6, 6.07) is 5.59. The molecule has 0 fully saturated rings. The van der Waals surface area contributed by atoms with Crippen molar-refractivity contribution in [2.75, 3.05) is 18.5 Å². The van der Waals surface area contributed by atoms with E-state index in [1.165, 1.54) is 0 Å². The molecule has 3 heteroatoms. The van der Waals surface area contributed by atoms with Gasteiger partial charge in [-0.25, -0.2) is 0 Å². The monoisotopic (exact) mass is 219 g/mol. The summed E-state index contributed by atoms with van der Waals surface area (Å²) in [4.78, 5) is 13.4. The summed E-state index contributed by atoms with van der Waals surface area (Å²) in [5, 5.41) is 0. The summed E-state index contributed by atoms with van der Waals surface area (Å²) >= 11 is 0. The van der Waals surface area contributed by atoms with Gasteiger partial charge in [0.2, 0.25) is 0 Å². The third kappa shape index (κ3) is 1.90. The lowest BCUT2D eigenvalue weighted by Crippen LogP contribution is -2.45. The number of carbonyl (C=O) groups excluding carboxylic acids is 1. The lowest BCUT2D eigenvalue weighted by molar-refractivity contribution is 0.101. The molecule has 0 amide bonds. The highest BCUT2D eigenvalue weighted by molar-refractivity contribution is 5.95. The van der Waals surface area contributed by atoms with Gasteiger partial charge < -0.3 is 9.64 Å². The Hall–Kier alpha value is -1.51. The van der Waals surface area contributed by atoms with Crippen molar-refractivity contribution in [1.82, 2.24) is 0 Å². The average Bonchev–Trinajstić information content (AvgIpc) is 2.15. The highest BCUT2D eigenvalue weighted by Gasteiger charge is 2.29. The number of hydrogen-bond donors (Lipinski definition) is 0. The third-order valence-corrected chi connectivity index (χ3v) is 2.78. The van der Waals surface area contributed by atoms with Crippen LogP contribution >= 0.6 is 0 Å². The number of anilines is 1. The number of hydrogen-bond acceptors (Lipinski definition) is 3. The summed E-state index contributed by atoms with van der Waals surface area (Å²) in [5.41, 5.74) is 1.54. The largest absolute Gasteiger partial charge is 0.484 e. The van der Waals surface area contributed by atoms with Gasteiger partial charge in [0.1, 0.15) is 11.4 Å². The van der Waals surface area contributed by atoms with Gasteiger partial charge in [-0.15, -0.1) is 0 Å². The molecular formula is C13H17NO2. The van der Waals surface area contributed by atoms with Crippen LogP contribution in [0.15, 0.2) is 18.2 Å². The van der Waals surface area contributed by atoms with Gasteiger partial charge in [0.15, 0.2) is 5.78 Å². The normalized spacial score (nSPS) is 17.6. The van der Waals surface area contributed by atoms with Crippen LogP contribution in [-0.2, 0) is 0 Å². The lowest BCUT2D eigenvalue weighted by Gasteiger charge is -2.39. The molecule has 1 aromatic carbocycles. The fourth-order valence-corrected chi connectivity index (χ4v) is 2.11. The summed E-state index contributed by atoms with van der Waals surface area (Å²) in [6.45, 7) is 6.52. The van der Waals surface area contributed by atoms with Crippen LogP contribution in [0, 0.1) is 0 Å². The zero-order chi connectivity index (χ0) is 11.9. The van der Waals surface area contributed by atoms with Gasteiger partial charge in [-0.1, -0.05) is 0 Å². The Morgan fingerprint density at radius 1 is 1.44 bits per heavy atom. The second kappa shape index (κ2) is 3.51. The van der Waals surface area contributed by atoms with Gasteiger partial charge in [0.25, 0.3) is 0 Å². The second-order valence-electron chi connectivity index (χ2n) is 4.96. The van der Waals surface area contributed by atoms with Crippen LogP contribution in [0.1, 0.15) is 31.1 Å². The van der Waals surface area contributed by atoms with Crippen molar-refractivity contribution in [2.45, 2.75) is 26.4 Å². The van der Waals surface area contributed by atoms with Gasteiger partial charge in [0, 0.05) is 12.6 Å². The fourth-order valence-electron chi connectivity index (χ4n) is 2.11. The quantitative estimate of drug-likeness (QED) is 0.680. The Labute approximate surface area is 96.0 Å². The molecule has 0 atom stereocenters. The number of fused-ring (bicyclic) bond motifs is 1. The molecule has 1 aliphatic rings. The zero-order valence-corrected chi connectivity index (χ0v) is 10.2. The number of nitrogens with zero attached hydrogens (tertiary/aromatic N) is 1. The number of ketones is 1. The summed E-state index contributed by atoms with van der Waals surface area (Å²) in [7, 11) is 2.02. The first-order valence-corrected chi connectivity index (χ1v) is 5.44. The van der Waals surface area contributed by atoms with Crippen molar-refractivity contribution < 1.29 is 9.53 Å². The molecule has 0 unspecified atom stereocenters. The van der Waals surface area contributed by atoms with E-state index < -0.39 is 0 Å². The molecule has 0 radical (unpaired) electrons. The minimum absolute atomic E-state index is 0.0843. The van der Waals surface area contributed by atoms with Gasteiger partial charge in [-0.05, 0) is 39.0 Å². The maximum atomic E-state index is 11.3. The second-order valence-corrected chi connectivity index (χ2v) is 4.96. The molecule has 0 bridgehead atoms. The average molecular weight is 219 g/mol. The molecule has 1 aliphatic heterocycles. The molecular weight excluding hydrogens is 202 g/mol. The van der Waals surface area contributed by atoms with E-state index in [0.717, 1.165) is 23.5 Å². The van der Waals surface area contributed by atoms with E-state index in [4.69, 9.17) is 4.74 Å². The highest BCUT2D eigenvalue weighted by atomic mass is 16.5. The zero-order valence-electron chi connectivity index (χ0n) is 10.2. The van der Waals surface area contributed by atoms with Crippen molar-refractivity contribution in [3.8, 4) is 5.75 Å². The van der Waals surface area contributed by atoms with E-state index in [-0.39, 0.29) is 11.4 Å². The maximum Gasteiger partial charge on any atom is 0.159 e. The van der Waals surface area contributed by atoms with Crippen LogP contribution in [-0.4, -0.2) is 25.0 Å². The SMILES string of the molecule is CC(=O)c1ccc2c(c1)N(C)CC(C)(C)O2. The van der Waals surface area contributed by atoms with Gasteiger partial charge >= 0.3 is 0 Å². The van der Waals surface area contributed by atoms with E-state index in [9.17, 15) is 4.79 Å². The first kappa shape index (κ1) is 11.0. The van der Waals surface area contributed by atoms with Crippen molar-refractivity contribution in [3.63, 3.8) is 0 Å². The van der Waals surface area contributed by atoms with Crippen molar-refractivity contribution in [1.29, 1.82) is 0 Å². The van der Waals surface area contributed by atoms with Crippen LogP contribution in [0.3, 0.4) is 0 Å². The van der Waals surface area contributed by atoms with Gasteiger partial charge in [0.05, 0.1) is 12.2 Å². The van der Waals surface area contributed by atoms with Crippen molar-refractivity contribution >= 4 is 11.5 Å². The molecule has 3 nitrogen and oxygen atoms in total. The minimum atomic E-state index is -0.181. The van der Waals surface area contributed by atoms with Crippen LogP contribution < -0.4 is 9.64 Å². The Balaban J connectivity index is 2.45. The summed E-state index contributed by atoms with van der Waals surface area (Å²) in [5.74, 6) is 0.935. The van der Waals surface area contributed by atoms with E-state index in [2.05, 4.69) is 18.7 Å². The number of benzene rings is 1. The van der Waals surface area contributed by atoms with Gasteiger partial charge in [-0.2, -0.15) is 0 Å². The van der Waals surface area contributed by atoms with E-state index >= 15 is 0 Å². The molecule has 0 N–H and O–H groups in total. The predicted molar refractivity (Wildman–Crippen MR) is 64.4 cm³/mol. The molecule has 1 aromatic rings. The molecule has 0 saturated heterocycles. The highest BCUT2D eigenvalue weighted by Crippen LogP contribution is 2.36. The molecule has 0 spiro atoms. The first-order chi connectivity index (χ1) is 7.39. The van der Waals surface area contributed by atoms with Crippen LogP contribution in [0.4, 0.5) is 5.69 Å². The summed E-state index contributed by atoms with van der Waals surface area (Å²) in [6.07, 6.45) is 0. The molecule has 0 aromatic heterocycles. The maximum absolute atomic E-state index is 11.3. The predicted octanol–water partition coefficient (Wildman–Crippen LogP) is 2.50. The van der Waals surface area contributed by atoms with E-state index in [1.807, 2.05) is 25.2 Å². The number of rotatable bonds is 1. The number of Topliss-reactive ketones (excluding diaryl/α,β-unsaturated/α-hetero) is 1. The Kier molecular flexibility index (Phi) is 2.41. The van der Waals surface area contributed by atoms with Crippen LogP contribution in [0.2, 0.25) is 0 Å².